The Kier molecular flexibility index (Phi) is 7.63. The predicted octanol–water partition coefficient (Wildman–Crippen LogP) is 4.61. The zero-order valence-electron chi connectivity index (χ0n) is 21.3. The number of piperazine rings is 1. The van der Waals surface area contributed by atoms with E-state index < -0.39 is 5.56 Å². The Balaban J connectivity index is 1.49. The molecule has 0 spiro atoms. The van der Waals surface area contributed by atoms with Crippen molar-refractivity contribution in [2.75, 3.05) is 31.1 Å². The van der Waals surface area contributed by atoms with E-state index in [1.54, 1.807) is 66.6 Å². The minimum absolute atomic E-state index is 0.0160. The second-order valence-corrected chi connectivity index (χ2v) is 9.62. The van der Waals surface area contributed by atoms with Crippen LogP contribution in [-0.4, -0.2) is 46.8 Å². The largest absolute Gasteiger partial charge is 0.449 e. The molecule has 10 heteroatoms. The van der Waals surface area contributed by atoms with E-state index in [2.05, 4.69) is 5.10 Å². The van der Waals surface area contributed by atoms with Gasteiger partial charge in [0.2, 0.25) is 11.7 Å². The van der Waals surface area contributed by atoms with Crippen molar-refractivity contribution in [1.29, 1.82) is 0 Å². The first-order valence-corrected chi connectivity index (χ1v) is 12.9. The second kappa shape index (κ2) is 11.3. The smallest absolute Gasteiger partial charge is 0.316 e. The zero-order valence-corrected chi connectivity index (χ0v) is 22.1. The molecule has 8 nitrogen and oxygen atoms in total. The molecule has 1 saturated heterocycles. The summed E-state index contributed by atoms with van der Waals surface area (Å²) in [6.45, 7) is 3.79. The average molecular weight is 548 g/mol. The third-order valence-corrected chi connectivity index (χ3v) is 6.98. The van der Waals surface area contributed by atoms with Gasteiger partial charge < -0.3 is 20.3 Å². The van der Waals surface area contributed by atoms with Crippen LogP contribution in [0.15, 0.2) is 77.7 Å². The van der Waals surface area contributed by atoms with Gasteiger partial charge in [0.25, 0.3) is 0 Å². The van der Waals surface area contributed by atoms with Crippen LogP contribution in [-0.2, 0) is 11.3 Å². The summed E-state index contributed by atoms with van der Waals surface area (Å²) in [4.78, 5) is 29.2. The van der Waals surface area contributed by atoms with Crippen LogP contribution in [0, 0.1) is 5.82 Å². The van der Waals surface area contributed by atoms with Crippen LogP contribution in [0.2, 0.25) is 5.02 Å². The maximum atomic E-state index is 13.9. The third-order valence-electron chi connectivity index (χ3n) is 6.72. The Labute approximate surface area is 230 Å². The molecule has 0 radical (unpaired) electrons. The first kappa shape index (κ1) is 26.4. The lowest BCUT2D eigenvalue weighted by atomic mass is 10.0. The van der Waals surface area contributed by atoms with Crippen molar-refractivity contribution in [3.8, 4) is 28.3 Å². The van der Waals surface area contributed by atoms with Crippen molar-refractivity contribution in [3.05, 3.63) is 99.7 Å². The lowest BCUT2D eigenvalue weighted by Crippen LogP contribution is -2.48. The van der Waals surface area contributed by atoms with Crippen LogP contribution in [0.1, 0.15) is 12.5 Å². The first-order chi connectivity index (χ1) is 18.8. The molecule has 1 amide bonds. The second-order valence-electron chi connectivity index (χ2n) is 9.18. The van der Waals surface area contributed by atoms with Crippen molar-refractivity contribution >= 4 is 23.2 Å². The van der Waals surface area contributed by atoms with Crippen LogP contribution >= 0.6 is 11.6 Å². The number of carbonyl (C=O) groups is 1. The summed E-state index contributed by atoms with van der Waals surface area (Å²) in [5, 5.41) is 4.95. The number of nitrogens with two attached hydrogens (primary N) is 1. The van der Waals surface area contributed by atoms with Gasteiger partial charge in [-0.15, -0.1) is 0 Å². The van der Waals surface area contributed by atoms with E-state index in [1.165, 1.54) is 10.7 Å². The molecule has 1 fully saturated rings. The number of carbonyl (C=O) groups excluding carboxylic acids is 1. The Bertz CT molecular complexity index is 1550. The molecule has 3 aromatic carbocycles. The Morgan fingerprint density at radius 2 is 1.67 bits per heavy atom. The number of hydrogen-bond donors (Lipinski definition) is 1. The number of halogens is 2. The summed E-state index contributed by atoms with van der Waals surface area (Å²) in [5.74, 6) is 0.250. The molecule has 1 aromatic heterocycles. The molecule has 0 aliphatic carbocycles. The molecule has 39 heavy (non-hydrogen) atoms. The van der Waals surface area contributed by atoms with E-state index in [9.17, 15) is 14.0 Å². The van der Waals surface area contributed by atoms with Gasteiger partial charge in [0.1, 0.15) is 17.3 Å². The summed E-state index contributed by atoms with van der Waals surface area (Å²) in [6.07, 6.45) is 1.61. The first-order valence-electron chi connectivity index (χ1n) is 12.5. The summed E-state index contributed by atoms with van der Waals surface area (Å²) in [6, 6.07) is 18.8. The van der Waals surface area contributed by atoms with Gasteiger partial charge in [-0.3, -0.25) is 9.59 Å². The van der Waals surface area contributed by atoms with Gasteiger partial charge in [-0.25, -0.2) is 4.39 Å². The fraction of sp³-hybridized carbons (Fsp3) is 0.207. The molecule has 0 unspecified atom stereocenters. The van der Waals surface area contributed by atoms with Crippen molar-refractivity contribution in [1.82, 2.24) is 14.7 Å². The van der Waals surface area contributed by atoms with Gasteiger partial charge in [0.05, 0.1) is 11.9 Å². The number of rotatable bonds is 6. The molecule has 4 aromatic rings. The zero-order chi connectivity index (χ0) is 27.5. The number of ether oxygens (including phenoxy) is 1. The normalized spacial score (nSPS) is 13.4. The minimum Gasteiger partial charge on any atom is -0.449 e. The highest BCUT2D eigenvalue weighted by Gasteiger charge is 2.25. The number of benzene rings is 3. The molecule has 2 heterocycles. The van der Waals surface area contributed by atoms with Crippen LogP contribution in [0.4, 0.5) is 10.1 Å². The summed E-state index contributed by atoms with van der Waals surface area (Å²) in [7, 11) is 0. The highest BCUT2D eigenvalue weighted by molar-refractivity contribution is 6.30. The van der Waals surface area contributed by atoms with E-state index in [4.69, 9.17) is 22.1 Å². The molecule has 1 aliphatic heterocycles. The van der Waals surface area contributed by atoms with Crippen molar-refractivity contribution in [2.45, 2.75) is 13.5 Å². The Hall–Kier alpha value is -4.21. The number of amides is 1. The maximum absolute atomic E-state index is 13.9. The topological polar surface area (TPSA) is 93.7 Å². The van der Waals surface area contributed by atoms with Crippen LogP contribution < -0.4 is 20.9 Å². The summed E-state index contributed by atoms with van der Waals surface area (Å²) in [5.41, 5.74) is 8.42. The molecular formula is C29H27ClFN5O3. The monoisotopic (exact) mass is 547 g/mol. The molecule has 0 atom stereocenters. The molecule has 0 bridgehead atoms. The van der Waals surface area contributed by atoms with Crippen molar-refractivity contribution in [2.24, 2.45) is 5.73 Å². The van der Waals surface area contributed by atoms with Gasteiger partial charge in [-0.1, -0.05) is 29.8 Å². The van der Waals surface area contributed by atoms with E-state index in [0.29, 0.717) is 53.9 Å². The summed E-state index contributed by atoms with van der Waals surface area (Å²) < 4.78 is 21.4. The summed E-state index contributed by atoms with van der Waals surface area (Å²) >= 11 is 6.03. The van der Waals surface area contributed by atoms with Gasteiger partial charge in [0.15, 0.2) is 0 Å². The lowest BCUT2D eigenvalue weighted by Gasteiger charge is -2.35. The predicted molar refractivity (Wildman–Crippen MR) is 149 cm³/mol. The fourth-order valence-corrected chi connectivity index (χ4v) is 4.65. The molecule has 1 aliphatic rings. The molecule has 5 rings (SSSR count). The minimum atomic E-state index is -0.431. The Morgan fingerprint density at radius 3 is 2.31 bits per heavy atom. The SMILES string of the molecule is CC(=O)N1CCN(c2cnn(-c3ccc(Cl)cc3)c(=O)c2Oc2ccc(-c3ccc(F)c(CN)c3)cc2)CC1. The van der Waals surface area contributed by atoms with Gasteiger partial charge >= 0.3 is 5.56 Å². The lowest BCUT2D eigenvalue weighted by molar-refractivity contribution is -0.129. The van der Waals surface area contributed by atoms with Crippen LogP contribution in [0.5, 0.6) is 11.5 Å². The van der Waals surface area contributed by atoms with Crippen LogP contribution in [0.3, 0.4) is 0 Å². The van der Waals surface area contributed by atoms with E-state index in [1.807, 2.05) is 17.0 Å². The molecule has 200 valence electrons. The van der Waals surface area contributed by atoms with E-state index >= 15 is 0 Å². The van der Waals surface area contributed by atoms with E-state index in [0.717, 1.165) is 11.1 Å². The third kappa shape index (κ3) is 5.64. The Morgan fingerprint density at radius 1 is 1.00 bits per heavy atom. The quantitative estimate of drug-likeness (QED) is 0.379. The van der Waals surface area contributed by atoms with E-state index in [-0.39, 0.29) is 24.0 Å². The van der Waals surface area contributed by atoms with Crippen molar-refractivity contribution in [3.63, 3.8) is 0 Å². The number of anilines is 1. The number of hydrogen-bond acceptors (Lipinski definition) is 6. The average Bonchev–Trinajstić information content (AvgIpc) is 2.95. The maximum Gasteiger partial charge on any atom is 0.316 e. The molecular weight excluding hydrogens is 521 g/mol. The van der Waals surface area contributed by atoms with Crippen molar-refractivity contribution < 1.29 is 13.9 Å². The molecule has 0 saturated carbocycles. The van der Waals surface area contributed by atoms with Crippen LogP contribution in [0.25, 0.3) is 16.8 Å². The van der Waals surface area contributed by atoms with Gasteiger partial charge in [0, 0.05) is 50.2 Å². The highest BCUT2D eigenvalue weighted by atomic mass is 35.5. The molecule has 2 N–H and O–H groups in total. The fourth-order valence-electron chi connectivity index (χ4n) is 4.52. The van der Waals surface area contributed by atoms with Gasteiger partial charge in [-0.05, 0) is 59.7 Å². The van der Waals surface area contributed by atoms with Gasteiger partial charge in [-0.2, -0.15) is 9.78 Å². The highest BCUT2D eigenvalue weighted by Crippen LogP contribution is 2.31. The number of nitrogens with zero attached hydrogens (tertiary/aromatic N) is 4. The standard InChI is InChI=1S/C29H27ClFN5O3/c1-19(37)34-12-14-35(15-13-34)27-18-33-36(24-7-5-23(30)6-8-24)29(38)28(27)39-25-9-2-20(3-10-25)21-4-11-26(31)22(16-21)17-32/h2-11,16,18H,12-15,17,32H2,1H3. The number of aromatic nitrogens is 2.